The molecule has 0 aliphatic heterocycles. The minimum atomic E-state index is -0.206. The average molecular weight is 287 g/mol. The third-order valence-electron chi connectivity index (χ3n) is 3.65. The highest BCUT2D eigenvalue weighted by Gasteiger charge is 2.19. The van der Waals surface area contributed by atoms with E-state index in [-0.39, 0.29) is 11.9 Å². The number of ether oxygens (including phenoxy) is 1. The Labute approximate surface area is 126 Å². The van der Waals surface area contributed by atoms with Gasteiger partial charge in [0.15, 0.2) is 0 Å². The van der Waals surface area contributed by atoms with Crippen LogP contribution in [0.4, 0.5) is 4.39 Å². The number of aryl methyl sites for hydroxylation is 2. The number of hydrogen-bond acceptors (Lipinski definition) is 2. The molecule has 0 aliphatic rings. The standard InChI is InChI=1S/C18H22FNO/c1-5-20-18(15-9-7-14(19)11-13(15)3)16-8-6-12(2)10-17(16)21-4/h6-11,18,20H,5H2,1-4H3. The summed E-state index contributed by atoms with van der Waals surface area (Å²) in [5, 5.41) is 3.47. The van der Waals surface area contributed by atoms with Crippen molar-refractivity contribution in [3.8, 4) is 5.75 Å². The SMILES string of the molecule is CCNC(c1ccc(F)cc1C)c1ccc(C)cc1OC. The van der Waals surface area contributed by atoms with Crippen LogP contribution < -0.4 is 10.1 Å². The van der Waals surface area contributed by atoms with Gasteiger partial charge in [-0.3, -0.25) is 0 Å². The minimum absolute atomic E-state index is 0.00819. The van der Waals surface area contributed by atoms with Crippen LogP contribution in [0, 0.1) is 19.7 Å². The van der Waals surface area contributed by atoms with E-state index in [0.29, 0.717) is 0 Å². The third kappa shape index (κ3) is 3.42. The molecule has 3 heteroatoms. The monoisotopic (exact) mass is 287 g/mol. The number of halogens is 1. The van der Waals surface area contributed by atoms with E-state index in [1.807, 2.05) is 26.0 Å². The van der Waals surface area contributed by atoms with Gasteiger partial charge in [-0.1, -0.05) is 25.1 Å². The van der Waals surface area contributed by atoms with Gasteiger partial charge in [0.05, 0.1) is 13.2 Å². The maximum Gasteiger partial charge on any atom is 0.124 e. The van der Waals surface area contributed by atoms with Crippen molar-refractivity contribution in [2.24, 2.45) is 0 Å². The minimum Gasteiger partial charge on any atom is -0.496 e. The molecule has 0 heterocycles. The molecular formula is C18H22FNO. The Morgan fingerprint density at radius 1 is 1.10 bits per heavy atom. The molecule has 0 bridgehead atoms. The third-order valence-corrected chi connectivity index (χ3v) is 3.65. The van der Waals surface area contributed by atoms with E-state index >= 15 is 0 Å². The van der Waals surface area contributed by atoms with Crippen LogP contribution in [0.15, 0.2) is 36.4 Å². The van der Waals surface area contributed by atoms with Crippen LogP contribution in [0.2, 0.25) is 0 Å². The molecule has 0 saturated heterocycles. The Balaban J connectivity index is 2.53. The maximum absolute atomic E-state index is 13.4. The summed E-state index contributed by atoms with van der Waals surface area (Å²) >= 11 is 0. The normalized spacial score (nSPS) is 12.2. The Morgan fingerprint density at radius 3 is 2.43 bits per heavy atom. The fourth-order valence-electron chi connectivity index (χ4n) is 2.61. The molecule has 1 N–H and O–H groups in total. The van der Waals surface area contributed by atoms with Crippen molar-refractivity contribution in [3.05, 3.63) is 64.5 Å². The molecule has 2 rings (SSSR count). The van der Waals surface area contributed by atoms with Crippen LogP contribution in [-0.2, 0) is 0 Å². The second-order valence-electron chi connectivity index (χ2n) is 5.24. The summed E-state index contributed by atoms with van der Waals surface area (Å²) in [4.78, 5) is 0. The lowest BCUT2D eigenvalue weighted by Crippen LogP contribution is -2.23. The Bertz CT molecular complexity index is 625. The second kappa shape index (κ2) is 6.72. The molecule has 0 radical (unpaired) electrons. The lowest BCUT2D eigenvalue weighted by molar-refractivity contribution is 0.404. The number of methoxy groups -OCH3 is 1. The van der Waals surface area contributed by atoms with Gasteiger partial charge in [0.1, 0.15) is 11.6 Å². The van der Waals surface area contributed by atoms with Crippen molar-refractivity contribution in [2.45, 2.75) is 26.8 Å². The molecule has 0 fully saturated rings. The quantitative estimate of drug-likeness (QED) is 0.892. The Kier molecular flexibility index (Phi) is 4.97. The summed E-state index contributed by atoms with van der Waals surface area (Å²) in [5.74, 6) is 0.645. The highest BCUT2D eigenvalue weighted by atomic mass is 19.1. The van der Waals surface area contributed by atoms with Gasteiger partial charge < -0.3 is 10.1 Å². The zero-order valence-electron chi connectivity index (χ0n) is 13.0. The number of hydrogen-bond donors (Lipinski definition) is 1. The van der Waals surface area contributed by atoms with E-state index < -0.39 is 0 Å². The van der Waals surface area contributed by atoms with E-state index in [2.05, 4.69) is 24.4 Å². The van der Waals surface area contributed by atoms with E-state index in [1.165, 1.54) is 6.07 Å². The van der Waals surface area contributed by atoms with Crippen molar-refractivity contribution in [3.63, 3.8) is 0 Å². The van der Waals surface area contributed by atoms with Gasteiger partial charge in [-0.2, -0.15) is 0 Å². The van der Waals surface area contributed by atoms with Crippen molar-refractivity contribution in [2.75, 3.05) is 13.7 Å². The van der Waals surface area contributed by atoms with E-state index in [9.17, 15) is 4.39 Å². The summed E-state index contributed by atoms with van der Waals surface area (Å²) in [7, 11) is 1.68. The van der Waals surface area contributed by atoms with Crippen LogP contribution >= 0.6 is 0 Å². The van der Waals surface area contributed by atoms with Crippen LogP contribution in [0.5, 0.6) is 5.75 Å². The first kappa shape index (κ1) is 15.5. The van der Waals surface area contributed by atoms with Gasteiger partial charge >= 0.3 is 0 Å². The molecule has 112 valence electrons. The van der Waals surface area contributed by atoms with Crippen molar-refractivity contribution in [1.82, 2.24) is 5.32 Å². The van der Waals surface area contributed by atoms with Gasteiger partial charge in [-0.15, -0.1) is 0 Å². The molecular weight excluding hydrogens is 265 g/mol. The lowest BCUT2D eigenvalue weighted by Gasteiger charge is -2.23. The molecule has 2 nitrogen and oxygen atoms in total. The molecule has 2 aromatic carbocycles. The van der Waals surface area contributed by atoms with Gasteiger partial charge in [0.25, 0.3) is 0 Å². The van der Waals surface area contributed by atoms with Crippen molar-refractivity contribution < 1.29 is 9.13 Å². The molecule has 21 heavy (non-hydrogen) atoms. The Morgan fingerprint density at radius 2 is 1.81 bits per heavy atom. The van der Waals surface area contributed by atoms with E-state index in [1.54, 1.807) is 13.2 Å². The second-order valence-corrected chi connectivity index (χ2v) is 5.24. The highest BCUT2D eigenvalue weighted by molar-refractivity contribution is 5.45. The fourth-order valence-corrected chi connectivity index (χ4v) is 2.61. The van der Waals surface area contributed by atoms with Gasteiger partial charge in [0.2, 0.25) is 0 Å². The van der Waals surface area contributed by atoms with E-state index in [4.69, 9.17) is 4.74 Å². The summed E-state index contributed by atoms with van der Waals surface area (Å²) < 4.78 is 18.9. The van der Waals surface area contributed by atoms with Crippen LogP contribution in [0.1, 0.15) is 35.2 Å². The van der Waals surface area contributed by atoms with E-state index in [0.717, 1.165) is 34.5 Å². The van der Waals surface area contributed by atoms with Crippen LogP contribution in [0.25, 0.3) is 0 Å². The molecule has 0 aliphatic carbocycles. The Hall–Kier alpha value is -1.87. The first-order chi connectivity index (χ1) is 10.1. The zero-order valence-corrected chi connectivity index (χ0v) is 13.0. The molecule has 0 saturated carbocycles. The molecule has 0 spiro atoms. The van der Waals surface area contributed by atoms with Gasteiger partial charge in [-0.05, 0) is 55.3 Å². The van der Waals surface area contributed by atoms with Crippen molar-refractivity contribution in [1.29, 1.82) is 0 Å². The molecule has 2 aromatic rings. The topological polar surface area (TPSA) is 21.3 Å². The number of rotatable bonds is 5. The predicted octanol–water partition coefficient (Wildman–Crippen LogP) is 4.15. The smallest absolute Gasteiger partial charge is 0.124 e. The first-order valence-corrected chi connectivity index (χ1v) is 7.20. The molecule has 1 atom stereocenters. The highest BCUT2D eigenvalue weighted by Crippen LogP contribution is 2.32. The summed E-state index contributed by atoms with van der Waals surface area (Å²) in [6.07, 6.45) is 0. The van der Waals surface area contributed by atoms with Gasteiger partial charge in [-0.25, -0.2) is 4.39 Å². The number of nitrogens with one attached hydrogen (secondary N) is 1. The van der Waals surface area contributed by atoms with Gasteiger partial charge in [0, 0.05) is 5.56 Å². The largest absolute Gasteiger partial charge is 0.496 e. The van der Waals surface area contributed by atoms with Crippen LogP contribution in [-0.4, -0.2) is 13.7 Å². The predicted molar refractivity (Wildman–Crippen MR) is 84.4 cm³/mol. The maximum atomic E-state index is 13.4. The first-order valence-electron chi connectivity index (χ1n) is 7.20. The average Bonchev–Trinajstić information content (AvgIpc) is 2.45. The summed E-state index contributed by atoms with van der Waals surface area (Å²) in [5.41, 5.74) is 4.23. The number of benzene rings is 2. The van der Waals surface area contributed by atoms with Crippen molar-refractivity contribution >= 4 is 0 Å². The zero-order chi connectivity index (χ0) is 15.4. The summed E-state index contributed by atoms with van der Waals surface area (Å²) in [6.45, 7) is 6.85. The lowest BCUT2D eigenvalue weighted by atomic mass is 9.93. The molecule has 0 amide bonds. The summed E-state index contributed by atoms with van der Waals surface area (Å²) in [6, 6.07) is 11.1. The van der Waals surface area contributed by atoms with Crippen LogP contribution in [0.3, 0.4) is 0 Å². The molecule has 0 aromatic heterocycles. The fraction of sp³-hybridized carbons (Fsp3) is 0.333. The molecule has 1 unspecified atom stereocenters.